The van der Waals surface area contributed by atoms with Crippen molar-refractivity contribution in [2.75, 3.05) is 0 Å². The molecule has 4 fully saturated rings. The summed E-state index contributed by atoms with van der Waals surface area (Å²) in [5.74, 6) is -1.16. The van der Waals surface area contributed by atoms with Gasteiger partial charge in [-0.15, -0.1) is 0 Å². The summed E-state index contributed by atoms with van der Waals surface area (Å²) in [6.45, 7) is 8.69. The SMILES string of the molecule is CC(=O)O[C@H]1CC[C@@]2(C)C(=C[C@H](OC(C)=O)C3C4CC[C@@]5(CCC(=O)O5)C4(C)C[C@@H](OC(C)=O)C32)C1. The summed E-state index contributed by atoms with van der Waals surface area (Å²) < 4.78 is 23.7. The van der Waals surface area contributed by atoms with E-state index in [1.54, 1.807) is 0 Å². The fourth-order valence-electron chi connectivity index (χ4n) is 8.92. The second-order valence-electron chi connectivity index (χ2n) is 12.1. The summed E-state index contributed by atoms with van der Waals surface area (Å²) in [5, 5.41) is 0. The van der Waals surface area contributed by atoms with E-state index in [4.69, 9.17) is 18.9 Å². The molecule has 0 amide bonds. The first-order chi connectivity index (χ1) is 16.9. The minimum absolute atomic E-state index is 0.0608. The number of hydrogen-bond acceptors (Lipinski definition) is 8. The van der Waals surface area contributed by atoms with Crippen LogP contribution >= 0.6 is 0 Å². The van der Waals surface area contributed by atoms with E-state index < -0.39 is 23.2 Å². The third-order valence-corrected chi connectivity index (χ3v) is 10.3. The van der Waals surface area contributed by atoms with Gasteiger partial charge < -0.3 is 18.9 Å². The van der Waals surface area contributed by atoms with E-state index in [9.17, 15) is 19.2 Å². The van der Waals surface area contributed by atoms with Gasteiger partial charge >= 0.3 is 23.9 Å². The lowest BCUT2D eigenvalue weighted by molar-refractivity contribution is -0.209. The van der Waals surface area contributed by atoms with E-state index in [0.717, 1.165) is 31.3 Å². The highest BCUT2D eigenvalue weighted by Gasteiger charge is 2.71. The highest BCUT2D eigenvalue weighted by atomic mass is 16.6. The molecule has 3 saturated carbocycles. The van der Waals surface area contributed by atoms with E-state index in [1.807, 2.05) is 0 Å². The largest absolute Gasteiger partial charge is 0.462 e. The first-order valence-electron chi connectivity index (χ1n) is 13.3. The van der Waals surface area contributed by atoms with Crippen LogP contribution < -0.4 is 0 Å². The molecule has 198 valence electrons. The van der Waals surface area contributed by atoms with Crippen molar-refractivity contribution in [1.29, 1.82) is 0 Å². The lowest BCUT2D eigenvalue weighted by Crippen LogP contribution is -2.63. The van der Waals surface area contributed by atoms with Crippen molar-refractivity contribution in [2.45, 2.75) is 110 Å². The zero-order chi connectivity index (χ0) is 26.0. The molecular formula is C28H38O8. The molecule has 9 atom stereocenters. The summed E-state index contributed by atoms with van der Waals surface area (Å²) in [5.41, 5.74) is -0.151. The Hall–Kier alpha value is -2.38. The number of hydrogen-bond donors (Lipinski definition) is 0. The summed E-state index contributed by atoms with van der Waals surface area (Å²) in [6.07, 6.45) is 6.38. The summed E-state index contributed by atoms with van der Waals surface area (Å²) >= 11 is 0. The Morgan fingerprint density at radius 3 is 2.25 bits per heavy atom. The van der Waals surface area contributed by atoms with Crippen LogP contribution in [0.4, 0.5) is 0 Å². The molecule has 1 spiro atoms. The highest BCUT2D eigenvalue weighted by molar-refractivity contribution is 5.72. The normalized spacial score (nSPS) is 45.0. The van der Waals surface area contributed by atoms with Gasteiger partial charge in [-0.1, -0.05) is 19.4 Å². The molecule has 1 aliphatic heterocycles. The van der Waals surface area contributed by atoms with Crippen molar-refractivity contribution in [3.63, 3.8) is 0 Å². The second-order valence-corrected chi connectivity index (χ2v) is 12.1. The average molecular weight is 503 g/mol. The minimum atomic E-state index is -0.573. The summed E-state index contributed by atoms with van der Waals surface area (Å²) in [6, 6.07) is 0. The van der Waals surface area contributed by atoms with Crippen LogP contribution in [0.25, 0.3) is 0 Å². The lowest BCUT2D eigenvalue weighted by Gasteiger charge is -2.62. The van der Waals surface area contributed by atoms with Crippen LogP contribution in [0, 0.1) is 28.6 Å². The Balaban J connectivity index is 1.61. The van der Waals surface area contributed by atoms with Crippen LogP contribution in [-0.4, -0.2) is 47.8 Å². The predicted octanol–water partition coefficient (Wildman–Crippen LogP) is 4.04. The van der Waals surface area contributed by atoms with Crippen molar-refractivity contribution in [1.82, 2.24) is 0 Å². The molecule has 0 N–H and O–H groups in total. The fraction of sp³-hybridized carbons (Fsp3) is 0.786. The van der Waals surface area contributed by atoms with Crippen molar-refractivity contribution >= 4 is 23.9 Å². The maximum Gasteiger partial charge on any atom is 0.306 e. The zero-order valence-corrected chi connectivity index (χ0v) is 22.0. The van der Waals surface area contributed by atoms with Gasteiger partial charge in [0.25, 0.3) is 0 Å². The number of ether oxygens (including phenoxy) is 4. The predicted molar refractivity (Wildman–Crippen MR) is 127 cm³/mol. The molecule has 1 saturated heterocycles. The second kappa shape index (κ2) is 8.59. The fourth-order valence-corrected chi connectivity index (χ4v) is 8.92. The first kappa shape index (κ1) is 25.3. The Morgan fingerprint density at radius 1 is 0.944 bits per heavy atom. The standard InChI is InChI=1S/C28H38O8/c1-15(29)33-19-6-9-26(4)18(12-19)13-21(34-16(2)30)24-20-7-10-28(11-8-23(32)36-28)27(20,5)14-22(25(24)26)35-17(3)31/h13,19-22,24-25H,6-12,14H2,1-5H3/t19-,20?,21-,22+,24?,25?,26-,27?,28+/m0/s1. The molecule has 5 rings (SSSR count). The molecule has 0 aromatic rings. The molecule has 4 unspecified atom stereocenters. The number of fused-ring (bicyclic) bond motifs is 6. The van der Waals surface area contributed by atoms with Gasteiger partial charge in [-0.3, -0.25) is 19.2 Å². The van der Waals surface area contributed by atoms with Gasteiger partial charge in [-0.25, -0.2) is 0 Å². The van der Waals surface area contributed by atoms with Crippen LogP contribution in [0.1, 0.15) is 86.0 Å². The molecule has 36 heavy (non-hydrogen) atoms. The minimum Gasteiger partial charge on any atom is -0.462 e. The Labute approximate surface area is 212 Å². The third kappa shape index (κ3) is 3.77. The molecule has 5 aliphatic rings. The molecule has 4 aliphatic carbocycles. The maximum atomic E-state index is 12.4. The average Bonchev–Trinajstić information content (AvgIpc) is 3.27. The molecule has 0 aromatic carbocycles. The molecule has 8 nitrogen and oxygen atoms in total. The van der Waals surface area contributed by atoms with Gasteiger partial charge in [0.05, 0.1) is 0 Å². The summed E-state index contributed by atoms with van der Waals surface area (Å²) in [7, 11) is 0. The molecule has 1 heterocycles. The van der Waals surface area contributed by atoms with Gasteiger partial charge in [0.1, 0.15) is 23.9 Å². The van der Waals surface area contributed by atoms with Crippen LogP contribution in [0.5, 0.6) is 0 Å². The lowest BCUT2D eigenvalue weighted by atomic mass is 9.45. The van der Waals surface area contributed by atoms with E-state index in [0.29, 0.717) is 25.7 Å². The van der Waals surface area contributed by atoms with Crippen molar-refractivity contribution in [3.8, 4) is 0 Å². The number of carbonyl (C=O) groups is 4. The molecule has 0 aromatic heterocycles. The first-order valence-corrected chi connectivity index (χ1v) is 13.3. The maximum absolute atomic E-state index is 12.4. The van der Waals surface area contributed by atoms with Crippen molar-refractivity contribution < 1.29 is 38.1 Å². The highest BCUT2D eigenvalue weighted by Crippen LogP contribution is 2.70. The van der Waals surface area contributed by atoms with Crippen molar-refractivity contribution in [3.05, 3.63) is 11.6 Å². The van der Waals surface area contributed by atoms with Crippen LogP contribution in [0.15, 0.2) is 11.6 Å². The Kier molecular flexibility index (Phi) is 6.03. The zero-order valence-electron chi connectivity index (χ0n) is 22.0. The van der Waals surface area contributed by atoms with Gasteiger partial charge in [0, 0.05) is 50.9 Å². The topological polar surface area (TPSA) is 105 Å². The van der Waals surface area contributed by atoms with Gasteiger partial charge in [-0.2, -0.15) is 0 Å². The van der Waals surface area contributed by atoms with E-state index >= 15 is 0 Å². The number of rotatable bonds is 3. The van der Waals surface area contributed by atoms with Crippen LogP contribution in [0.2, 0.25) is 0 Å². The Morgan fingerprint density at radius 2 is 1.64 bits per heavy atom. The van der Waals surface area contributed by atoms with E-state index in [1.165, 1.54) is 20.8 Å². The van der Waals surface area contributed by atoms with Crippen LogP contribution in [-0.2, 0) is 38.1 Å². The Bertz CT molecular complexity index is 1020. The summed E-state index contributed by atoms with van der Waals surface area (Å²) in [4.78, 5) is 48.6. The molecule has 0 bridgehead atoms. The van der Waals surface area contributed by atoms with Gasteiger partial charge in [-0.05, 0) is 55.9 Å². The molecular weight excluding hydrogens is 464 g/mol. The van der Waals surface area contributed by atoms with Gasteiger partial charge in [0.2, 0.25) is 0 Å². The van der Waals surface area contributed by atoms with E-state index in [-0.39, 0.29) is 53.1 Å². The quantitative estimate of drug-likeness (QED) is 0.323. The van der Waals surface area contributed by atoms with Crippen molar-refractivity contribution in [2.24, 2.45) is 28.6 Å². The third-order valence-electron chi connectivity index (χ3n) is 10.3. The number of carbonyl (C=O) groups excluding carboxylic acids is 4. The molecule has 0 radical (unpaired) electrons. The van der Waals surface area contributed by atoms with Crippen LogP contribution in [0.3, 0.4) is 0 Å². The monoisotopic (exact) mass is 502 g/mol. The molecule has 8 heteroatoms. The smallest absolute Gasteiger partial charge is 0.306 e. The number of esters is 4. The van der Waals surface area contributed by atoms with Gasteiger partial charge in [0.15, 0.2) is 0 Å². The van der Waals surface area contributed by atoms with E-state index in [2.05, 4.69) is 19.9 Å².